The van der Waals surface area contributed by atoms with Gasteiger partial charge in [0.1, 0.15) is 0 Å². The topological polar surface area (TPSA) is 77.3 Å². The van der Waals surface area contributed by atoms with Gasteiger partial charge in [-0.2, -0.15) is 0 Å². The van der Waals surface area contributed by atoms with E-state index < -0.39 is 14.8 Å². The van der Waals surface area contributed by atoms with Crippen LogP contribution in [0.1, 0.15) is 5.56 Å². The van der Waals surface area contributed by atoms with Crippen molar-refractivity contribution in [3.63, 3.8) is 0 Å². The van der Waals surface area contributed by atoms with Gasteiger partial charge < -0.3 is 0 Å². The summed E-state index contributed by atoms with van der Waals surface area (Å²) in [4.78, 5) is 10.6. The predicted molar refractivity (Wildman–Crippen MR) is 68.7 cm³/mol. The first kappa shape index (κ1) is 11.9. The molecule has 3 rings (SSSR count). The van der Waals surface area contributed by atoms with Crippen molar-refractivity contribution in [3.8, 4) is 11.1 Å². The maximum absolute atomic E-state index is 12.4. The van der Waals surface area contributed by atoms with Gasteiger partial charge >= 0.3 is 0 Å². The highest BCUT2D eigenvalue weighted by atomic mass is 32.2. The van der Waals surface area contributed by atoms with Gasteiger partial charge in [0.25, 0.3) is 5.69 Å². The second-order valence-corrected chi connectivity index (χ2v) is 6.20. The maximum atomic E-state index is 12.4. The fraction of sp³-hybridized carbons (Fsp3) is 0.0769. The molecule has 0 radical (unpaired) electrons. The zero-order chi connectivity index (χ0) is 13.8. The first-order chi connectivity index (χ1) is 8.94. The van der Waals surface area contributed by atoms with E-state index in [4.69, 9.17) is 0 Å². The number of nitro benzene ring substituents is 1. The first-order valence-electron chi connectivity index (χ1n) is 5.57. The predicted octanol–water partition coefficient (Wildman–Crippen LogP) is 2.72. The third-order valence-corrected chi connectivity index (χ3v) is 5.31. The van der Waals surface area contributed by atoms with Gasteiger partial charge in [-0.25, -0.2) is 8.42 Å². The van der Waals surface area contributed by atoms with Crippen molar-refractivity contribution < 1.29 is 13.3 Å². The Morgan fingerprint density at radius 1 is 1.05 bits per heavy atom. The Morgan fingerprint density at radius 2 is 1.74 bits per heavy atom. The highest BCUT2D eigenvalue weighted by Crippen LogP contribution is 2.46. The molecule has 0 fully saturated rings. The van der Waals surface area contributed by atoms with Gasteiger partial charge in [0.15, 0.2) is 0 Å². The van der Waals surface area contributed by atoms with Crippen molar-refractivity contribution in [1.82, 2.24) is 0 Å². The molecule has 5 nitrogen and oxygen atoms in total. The van der Waals surface area contributed by atoms with Crippen LogP contribution in [0.5, 0.6) is 0 Å². The highest BCUT2D eigenvalue weighted by Gasteiger charge is 2.36. The van der Waals surface area contributed by atoms with E-state index in [1.807, 2.05) is 0 Å². The molecular weight excluding hydrogens is 266 g/mol. The van der Waals surface area contributed by atoms with E-state index in [-0.39, 0.29) is 21.0 Å². The minimum absolute atomic E-state index is 0.0582. The van der Waals surface area contributed by atoms with Crippen molar-refractivity contribution in [1.29, 1.82) is 0 Å². The Hall–Kier alpha value is -2.21. The second-order valence-electron chi connectivity index (χ2n) is 4.34. The summed E-state index contributed by atoms with van der Waals surface area (Å²) in [6, 6.07) is 9.49. The van der Waals surface area contributed by atoms with Gasteiger partial charge in [0.05, 0.1) is 14.7 Å². The summed E-state index contributed by atoms with van der Waals surface area (Å²) in [7, 11) is -3.66. The average Bonchev–Trinajstić information content (AvgIpc) is 2.60. The molecular formula is C13H9NO4S. The van der Waals surface area contributed by atoms with E-state index in [1.54, 1.807) is 18.2 Å². The summed E-state index contributed by atoms with van der Waals surface area (Å²) in [5, 5.41) is 10.9. The number of sulfone groups is 1. The summed E-state index contributed by atoms with van der Waals surface area (Å²) >= 11 is 0. The van der Waals surface area contributed by atoms with Crippen molar-refractivity contribution in [2.75, 3.05) is 0 Å². The van der Waals surface area contributed by atoms with E-state index >= 15 is 0 Å². The Labute approximate surface area is 109 Å². The number of nitrogens with zero attached hydrogens (tertiary/aromatic N) is 1. The van der Waals surface area contributed by atoms with Crippen molar-refractivity contribution >= 4 is 15.5 Å². The van der Waals surface area contributed by atoms with Crippen LogP contribution in [-0.4, -0.2) is 13.3 Å². The standard InChI is InChI=1S/C13H9NO4S/c1-8-11(14(15)16)7-6-10-9-4-2-3-5-12(9)19(17,18)13(8)10/h2-7H,1H3. The van der Waals surface area contributed by atoms with Gasteiger partial charge in [-0.3, -0.25) is 10.1 Å². The SMILES string of the molecule is Cc1c([N+](=O)[O-])ccc2c1S(=O)(=O)c1ccccc1-2. The van der Waals surface area contributed by atoms with Crippen LogP contribution in [0.25, 0.3) is 11.1 Å². The highest BCUT2D eigenvalue weighted by molar-refractivity contribution is 7.92. The Kier molecular flexibility index (Phi) is 2.27. The smallest absolute Gasteiger partial charge is 0.258 e. The van der Waals surface area contributed by atoms with Gasteiger partial charge in [-0.1, -0.05) is 18.2 Å². The molecule has 0 saturated carbocycles. The summed E-state index contributed by atoms with van der Waals surface area (Å²) in [6.45, 7) is 1.47. The molecule has 1 aliphatic heterocycles. The number of rotatable bonds is 1. The Balaban J connectivity index is 2.46. The summed E-state index contributed by atoms with van der Waals surface area (Å²) in [5.74, 6) is 0. The van der Waals surface area contributed by atoms with Crippen LogP contribution in [0.4, 0.5) is 5.69 Å². The van der Waals surface area contributed by atoms with Gasteiger partial charge in [-0.05, 0) is 19.1 Å². The Morgan fingerprint density at radius 3 is 2.42 bits per heavy atom. The van der Waals surface area contributed by atoms with E-state index in [2.05, 4.69) is 0 Å². The largest absolute Gasteiger partial charge is 0.273 e. The average molecular weight is 275 g/mol. The van der Waals surface area contributed by atoms with Gasteiger partial charge in [-0.15, -0.1) is 0 Å². The molecule has 96 valence electrons. The molecule has 1 aliphatic rings. The minimum Gasteiger partial charge on any atom is -0.258 e. The normalized spacial score (nSPS) is 14.8. The van der Waals surface area contributed by atoms with Crippen LogP contribution in [-0.2, 0) is 9.84 Å². The van der Waals surface area contributed by atoms with Crippen molar-refractivity contribution in [3.05, 3.63) is 52.1 Å². The second kappa shape index (κ2) is 3.64. The van der Waals surface area contributed by atoms with Crippen LogP contribution in [0, 0.1) is 17.0 Å². The van der Waals surface area contributed by atoms with Crippen LogP contribution < -0.4 is 0 Å². The molecule has 2 aromatic rings. The van der Waals surface area contributed by atoms with Crippen LogP contribution in [0.15, 0.2) is 46.2 Å². The van der Waals surface area contributed by atoms with Gasteiger partial charge in [0.2, 0.25) is 9.84 Å². The lowest BCUT2D eigenvalue weighted by molar-refractivity contribution is -0.385. The van der Waals surface area contributed by atoms with Crippen LogP contribution >= 0.6 is 0 Å². The molecule has 0 amide bonds. The van der Waals surface area contributed by atoms with Crippen LogP contribution in [0.2, 0.25) is 0 Å². The molecule has 0 aromatic heterocycles. The molecule has 0 saturated heterocycles. The summed E-state index contributed by atoms with van der Waals surface area (Å²) in [6.07, 6.45) is 0. The Bertz CT molecular complexity index is 825. The molecule has 6 heteroatoms. The lowest BCUT2D eigenvalue weighted by atomic mass is 10.0. The number of nitro groups is 1. The lowest BCUT2D eigenvalue weighted by Gasteiger charge is -2.04. The first-order valence-corrected chi connectivity index (χ1v) is 7.05. The molecule has 19 heavy (non-hydrogen) atoms. The molecule has 0 N–H and O–H groups in total. The van der Waals surface area contributed by atoms with E-state index in [9.17, 15) is 18.5 Å². The monoisotopic (exact) mass is 275 g/mol. The van der Waals surface area contributed by atoms with E-state index in [1.165, 1.54) is 25.1 Å². The molecule has 0 spiro atoms. The number of hydrogen-bond donors (Lipinski definition) is 0. The molecule has 0 atom stereocenters. The minimum atomic E-state index is -3.66. The fourth-order valence-corrected chi connectivity index (χ4v) is 4.39. The van der Waals surface area contributed by atoms with E-state index in [0.717, 1.165) is 0 Å². The third-order valence-electron chi connectivity index (χ3n) is 3.31. The number of benzene rings is 2. The lowest BCUT2D eigenvalue weighted by Crippen LogP contribution is -2.01. The van der Waals surface area contributed by atoms with Crippen LogP contribution in [0.3, 0.4) is 0 Å². The maximum Gasteiger partial charge on any atom is 0.273 e. The zero-order valence-electron chi connectivity index (χ0n) is 9.95. The molecule has 0 bridgehead atoms. The number of fused-ring (bicyclic) bond motifs is 3. The third kappa shape index (κ3) is 1.43. The zero-order valence-corrected chi connectivity index (χ0v) is 10.8. The van der Waals surface area contributed by atoms with Crippen molar-refractivity contribution in [2.24, 2.45) is 0 Å². The fourth-order valence-electron chi connectivity index (χ4n) is 2.47. The van der Waals surface area contributed by atoms with E-state index in [0.29, 0.717) is 11.1 Å². The van der Waals surface area contributed by atoms with Gasteiger partial charge in [0, 0.05) is 22.8 Å². The molecule has 0 unspecified atom stereocenters. The number of hydrogen-bond acceptors (Lipinski definition) is 4. The molecule has 0 aliphatic carbocycles. The quantitative estimate of drug-likeness (QED) is 0.505. The van der Waals surface area contributed by atoms with Crippen molar-refractivity contribution in [2.45, 2.75) is 16.7 Å². The molecule has 1 heterocycles. The summed E-state index contributed by atoms with van der Waals surface area (Å²) < 4.78 is 24.9. The summed E-state index contributed by atoms with van der Waals surface area (Å²) in [5.41, 5.74) is 1.17. The molecule has 2 aromatic carbocycles.